The maximum atomic E-state index is 13.1. The first-order valence-corrected chi connectivity index (χ1v) is 11.1. The lowest BCUT2D eigenvalue weighted by Crippen LogP contribution is -2.30. The van der Waals surface area contributed by atoms with Crippen LogP contribution in [0.2, 0.25) is 0 Å². The summed E-state index contributed by atoms with van der Waals surface area (Å²) in [6.07, 6.45) is 0.633. The van der Waals surface area contributed by atoms with Crippen molar-refractivity contribution in [2.24, 2.45) is 0 Å². The molecule has 0 heterocycles. The van der Waals surface area contributed by atoms with Gasteiger partial charge in [-0.05, 0) is 48.4 Å². The molecule has 3 aromatic carbocycles. The van der Waals surface area contributed by atoms with Gasteiger partial charge in [-0.3, -0.25) is 9.59 Å². The quantitative estimate of drug-likeness (QED) is 0.470. The number of ether oxygens (including phenoxy) is 2. The molecule has 7 heteroatoms. The number of benzene rings is 3. The Labute approximate surface area is 199 Å². The molecule has 0 aromatic heterocycles. The van der Waals surface area contributed by atoms with E-state index >= 15 is 0 Å². The molecule has 0 radical (unpaired) electrons. The van der Waals surface area contributed by atoms with E-state index in [0.717, 1.165) is 11.1 Å². The lowest BCUT2D eigenvalue weighted by Gasteiger charge is -2.21. The second-order valence-corrected chi connectivity index (χ2v) is 7.99. The third kappa shape index (κ3) is 6.81. The summed E-state index contributed by atoms with van der Waals surface area (Å²) in [6.45, 7) is 2.15. The number of rotatable bonds is 10. The Bertz CT molecular complexity index is 1120. The van der Waals surface area contributed by atoms with Crippen LogP contribution in [0.5, 0.6) is 11.5 Å². The van der Waals surface area contributed by atoms with Crippen molar-refractivity contribution in [2.75, 3.05) is 20.7 Å². The van der Waals surface area contributed by atoms with Crippen LogP contribution in [0.15, 0.2) is 72.8 Å². The normalized spacial score (nSPS) is 11.4. The highest BCUT2D eigenvalue weighted by molar-refractivity contribution is 5.94. The number of halogens is 1. The van der Waals surface area contributed by atoms with Crippen molar-refractivity contribution in [3.05, 3.63) is 95.3 Å². The zero-order valence-electron chi connectivity index (χ0n) is 19.6. The average molecular weight is 465 g/mol. The largest absolute Gasteiger partial charge is 0.489 e. The number of para-hydroxylation sites is 1. The highest BCUT2D eigenvalue weighted by Gasteiger charge is 2.19. The summed E-state index contributed by atoms with van der Waals surface area (Å²) >= 11 is 0. The molecular weight excluding hydrogens is 435 g/mol. The molecule has 3 aromatic rings. The molecule has 1 N–H and O–H groups in total. The molecule has 34 heavy (non-hydrogen) atoms. The van der Waals surface area contributed by atoms with E-state index in [1.165, 1.54) is 17.0 Å². The standard InChI is InChI=1S/C27H29FN2O4/c1-4-24(23-10-5-6-11-25(23)34-18-26(31)30(2)3)29-27(32)20-8-7-9-22(16-20)33-17-19-12-14-21(28)15-13-19/h5-16,24H,4,17-18H2,1-3H3,(H,29,32). The second-order valence-electron chi connectivity index (χ2n) is 7.99. The molecule has 6 nitrogen and oxygen atoms in total. The van der Waals surface area contributed by atoms with Crippen molar-refractivity contribution >= 4 is 11.8 Å². The van der Waals surface area contributed by atoms with Crippen LogP contribution in [0, 0.1) is 5.82 Å². The first kappa shape index (κ1) is 24.8. The summed E-state index contributed by atoms with van der Waals surface area (Å²) in [5.74, 6) is 0.393. The molecule has 3 rings (SSSR count). The lowest BCUT2D eigenvalue weighted by atomic mass is 10.0. The molecule has 0 saturated carbocycles. The SMILES string of the molecule is CCC(NC(=O)c1cccc(OCc2ccc(F)cc2)c1)c1ccccc1OCC(=O)N(C)C. The topological polar surface area (TPSA) is 67.9 Å². The smallest absolute Gasteiger partial charge is 0.259 e. The van der Waals surface area contributed by atoms with Crippen molar-refractivity contribution in [1.29, 1.82) is 0 Å². The van der Waals surface area contributed by atoms with Gasteiger partial charge in [-0.2, -0.15) is 0 Å². The average Bonchev–Trinajstić information content (AvgIpc) is 2.85. The summed E-state index contributed by atoms with van der Waals surface area (Å²) < 4.78 is 24.6. The van der Waals surface area contributed by atoms with E-state index in [4.69, 9.17) is 9.47 Å². The molecule has 0 aliphatic rings. The predicted molar refractivity (Wildman–Crippen MR) is 128 cm³/mol. The van der Waals surface area contributed by atoms with Crippen molar-refractivity contribution in [2.45, 2.75) is 26.0 Å². The van der Waals surface area contributed by atoms with E-state index in [1.807, 2.05) is 25.1 Å². The number of nitrogens with zero attached hydrogens (tertiary/aromatic N) is 1. The Hall–Kier alpha value is -3.87. The van der Waals surface area contributed by atoms with Crippen LogP contribution in [0.1, 0.15) is 40.9 Å². The van der Waals surface area contributed by atoms with Gasteiger partial charge in [0.15, 0.2) is 6.61 Å². The van der Waals surface area contributed by atoms with Crippen molar-refractivity contribution in [3.63, 3.8) is 0 Å². The van der Waals surface area contributed by atoms with Gasteiger partial charge in [0, 0.05) is 25.2 Å². The van der Waals surface area contributed by atoms with Gasteiger partial charge in [0.2, 0.25) is 0 Å². The first-order chi connectivity index (χ1) is 16.4. The van der Waals surface area contributed by atoms with E-state index in [-0.39, 0.29) is 36.9 Å². The number of nitrogens with one attached hydrogen (secondary N) is 1. The van der Waals surface area contributed by atoms with Crippen LogP contribution in [0.4, 0.5) is 4.39 Å². The molecule has 2 amide bonds. The number of hydrogen-bond acceptors (Lipinski definition) is 4. The van der Waals surface area contributed by atoms with Gasteiger partial charge >= 0.3 is 0 Å². The maximum absolute atomic E-state index is 13.1. The summed E-state index contributed by atoms with van der Waals surface area (Å²) in [7, 11) is 3.34. The third-order valence-corrected chi connectivity index (χ3v) is 5.27. The molecule has 0 aliphatic heterocycles. The van der Waals surface area contributed by atoms with Gasteiger partial charge in [0.1, 0.15) is 23.9 Å². The Kier molecular flexibility index (Phi) is 8.62. The fourth-order valence-corrected chi connectivity index (χ4v) is 3.28. The summed E-state index contributed by atoms with van der Waals surface area (Å²) in [5, 5.41) is 3.05. The highest BCUT2D eigenvalue weighted by atomic mass is 19.1. The summed E-state index contributed by atoms with van der Waals surface area (Å²) in [4.78, 5) is 26.4. The monoisotopic (exact) mass is 464 g/mol. The van der Waals surface area contributed by atoms with E-state index < -0.39 is 0 Å². The first-order valence-electron chi connectivity index (χ1n) is 11.1. The van der Waals surface area contributed by atoms with Crippen LogP contribution in [-0.4, -0.2) is 37.4 Å². The molecule has 1 unspecified atom stereocenters. The molecule has 0 aliphatic carbocycles. The molecule has 1 atom stereocenters. The van der Waals surface area contributed by atoms with Crippen molar-refractivity contribution in [3.8, 4) is 11.5 Å². The number of carbonyl (C=O) groups excluding carboxylic acids is 2. The van der Waals surface area contributed by atoms with Crippen molar-refractivity contribution in [1.82, 2.24) is 10.2 Å². The lowest BCUT2D eigenvalue weighted by molar-refractivity contribution is -0.130. The van der Waals surface area contributed by atoms with Gasteiger partial charge in [-0.25, -0.2) is 4.39 Å². The minimum Gasteiger partial charge on any atom is -0.489 e. The van der Waals surface area contributed by atoms with Crippen LogP contribution >= 0.6 is 0 Å². The van der Waals surface area contributed by atoms with Crippen LogP contribution in [-0.2, 0) is 11.4 Å². The molecular formula is C27H29FN2O4. The van der Waals surface area contributed by atoms with E-state index in [2.05, 4.69) is 5.32 Å². The molecule has 0 spiro atoms. The minimum atomic E-state index is -0.304. The summed E-state index contributed by atoms with van der Waals surface area (Å²) in [6, 6.07) is 20.0. The van der Waals surface area contributed by atoms with E-state index in [9.17, 15) is 14.0 Å². The number of carbonyl (C=O) groups is 2. The van der Waals surface area contributed by atoms with Crippen LogP contribution < -0.4 is 14.8 Å². The second kappa shape index (κ2) is 11.8. The van der Waals surface area contributed by atoms with Gasteiger partial charge in [0.25, 0.3) is 11.8 Å². The predicted octanol–water partition coefficient (Wildman–Crippen LogP) is 4.75. The molecule has 0 bridgehead atoms. The van der Waals surface area contributed by atoms with Gasteiger partial charge in [0.05, 0.1) is 6.04 Å². The Balaban J connectivity index is 1.68. The van der Waals surface area contributed by atoms with Gasteiger partial charge in [-0.15, -0.1) is 0 Å². The number of likely N-dealkylation sites (N-methyl/N-ethyl adjacent to an activating group) is 1. The van der Waals surface area contributed by atoms with Crippen molar-refractivity contribution < 1.29 is 23.5 Å². The molecule has 0 fully saturated rings. The number of hydrogen-bond donors (Lipinski definition) is 1. The molecule has 0 saturated heterocycles. The Morgan fingerprint density at radius 2 is 1.71 bits per heavy atom. The van der Waals surface area contributed by atoms with Gasteiger partial charge < -0.3 is 19.7 Å². The maximum Gasteiger partial charge on any atom is 0.259 e. The van der Waals surface area contributed by atoms with E-state index in [0.29, 0.717) is 23.5 Å². The molecule has 178 valence electrons. The van der Waals surface area contributed by atoms with E-state index in [1.54, 1.807) is 56.6 Å². The van der Waals surface area contributed by atoms with Crippen LogP contribution in [0.3, 0.4) is 0 Å². The third-order valence-electron chi connectivity index (χ3n) is 5.27. The fraction of sp³-hybridized carbons (Fsp3) is 0.259. The van der Waals surface area contributed by atoms with Gasteiger partial charge in [-0.1, -0.05) is 43.3 Å². The zero-order chi connectivity index (χ0) is 24.5. The number of amides is 2. The fourth-order valence-electron chi connectivity index (χ4n) is 3.28. The minimum absolute atomic E-state index is 0.0815. The van der Waals surface area contributed by atoms with Crippen LogP contribution in [0.25, 0.3) is 0 Å². The highest BCUT2D eigenvalue weighted by Crippen LogP contribution is 2.28. The zero-order valence-corrected chi connectivity index (χ0v) is 19.6. The summed E-state index contributed by atoms with van der Waals surface area (Å²) in [5.41, 5.74) is 2.08. The Morgan fingerprint density at radius 3 is 2.41 bits per heavy atom. The Morgan fingerprint density at radius 1 is 0.971 bits per heavy atom.